The quantitative estimate of drug-likeness (QED) is 0.504. The average molecular weight is 341 g/mol. The lowest BCUT2D eigenvalue weighted by Gasteiger charge is -2.14. The van der Waals surface area contributed by atoms with Crippen molar-refractivity contribution >= 4 is 22.4 Å². The Morgan fingerprint density at radius 3 is 2.54 bits per heavy atom. The summed E-state index contributed by atoms with van der Waals surface area (Å²) >= 11 is 0. The highest BCUT2D eigenvalue weighted by atomic mass is 16.5. The molecule has 0 fully saturated rings. The molecule has 0 atom stereocenters. The fourth-order valence-corrected chi connectivity index (χ4v) is 2.83. The highest BCUT2D eigenvalue weighted by molar-refractivity contribution is 5.91. The molecular formula is C22H19N3O. The van der Waals surface area contributed by atoms with E-state index in [1.165, 1.54) is 5.56 Å². The van der Waals surface area contributed by atoms with Crippen LogP contribution < -0.4 is 10.1 Å². The number of aryl methyl sites for hydroxylation is 1. The lowest BCUT2D eigenvalue weighted by atomic mass is 10.1. The van der Waals surface area contributed by atoms with Gasteiger partial charge in [0.25, 0.3) is 0 Å². The van der Waals surface area contributed by atoms with Gasteiger partial charge in [-0.25, -0.2) is 9.97 Å². The lowest BCUT2D eigenvalue weighted by molar-refractivity contribution is 0.485. The van der Waals surface area contributed by atoms with Crippen molar-refractivity contribution in [3.63, 3.8) is 0 Å². The van der Waals surface area contributed by atoms with Crippen molar-refractivity contribution in [2.24, 2.45) is 0 Å². The molecule has 0 bridgehead atoms. The minimum atomic E-state index is 0.747. The van der Waals surface area contributed by atoms with Crippen molar-refractivity contribution in [3.05, 3.63) is 84.7 Å². The molecule has 1 heterocycles. The van der Waals surface area contributed by atoms with Crippen LogP contribution in [0, 0.1) is 0 Å². The van der Waals surface area contributed by atoms with E-state index in [0.29, 0.717) is 0 Å². The SMILES string of the molecule is CCc1ccc2ncnc(Nc3ccccc3Oc3ccccc3)c2c1. The summed E-state index contributed by atoms with van der Waals surface area (Å²) in [6, 6.07) is 23.9. The minimum absolute atomic E-state index is 0.747. The number of nitrogens with one attached hydrogen (secondary N) is 1. The predicted octanol–water partition coefficient (Wildman–Crippen LogP) is 5.73. The molecular weight excluding hydrogens is 322 g/mol. The van der Waals surface area contributed by atoms with Gasteiger partial charge in [0.2, 0.25) is 0 Å². The maximum Gasteiger partial charge on any atom is 0.150 e. The molecule has 1 N–H and O–H groups in total. The third kappa shape index (κ3) is 3.35. The highest BCUT2D eigenvalue weighted by Gasteiger charge is 2.09. The summed E-state index contributed by atoms with van der Waals surface area (Å²) in [6.07, 6.45) is 2.55. The molecule has 4 heteroatoms. The van der Waals surface area contributed by atoms with Crippen LogP contribution in [0.15, 0.2) is 79.1 Å². The summed E-state index contributed by atoms with van der Waals surface area (Å²) in [7, 11) is 0. The molecule has 0 amide bonds. The van der Waals surface area contributed by atoms with Gasteiger partial charge in [0.05, 0.1) is 11.2 Å². The van der Waals surface area contributed by atoms with Crippen LogP contribution in [0.25, 0.3) is 10.9 Å². The Bertz CT molecular complexity index is 1030. The molecule has 0 aliphatic carbocycles. The van der Waals surface area contributed by atoms with E-state index in [-0.39, 0.29) is 0 Å². The summed E-state index contributed by atoms with van der Waals surface area (Å²) in [4.78, 5) is 8.81. The Morgan fingerprint density at radius 2 is 1.69 bits per heavy atom. The topological polar surface area (TPSA) is 47.0 Å². The number of para-hydroxylation sites is 3. The van der Waals surface area contributed by atoms with Gasteiger partial charge in [0, 0.05) is 5.39 Å². The Kier molecular flexibility index (Phi) is 4.48. The molecule has 0 saturated carbocycles. The van der Waals surface area contributed by atoms with E-state index >= 15 is 0 Å². The third-order valence-corrected chi connectivity index (χ3v) is 4.22. The van der Waals surface area contributed by atoms with Gasteiger partial charge in [0.1, 0.15) is 17.9 Å². The smallest absolute Gasteiger partial charge is 0.150 e. The van der Waals surface area contributed by atoms with Gasteiger partial charge in [-0.05, 0) is 48.4 Å². The van der Waals surface area contributed by atoms with Gasteiger partial charge in [-0.15, -0.1) is 0 Å². The molecule has 4 rings (SSSR count). The number of ether oxygens (including phenoxy) is 1. The monoisotopic (exact) mass is 341 g/mol. The molecule has 1 aromatic heterocycles. The maximum absolute atomic E-state index is 6.03. The van der Waals surface area contributed by atoms with E-state index in [4.69, 9.17) is 4.74 Å². The van der Waals surface area contributed by atoms with Crippen LogP contribution >= 0.6 is 0 Å². The van der Waals surface area contributed by atoms with E-state index < -0.39 is 0 Å². The second-order valence-corrected chi connectivity index (χ2v) is 5.96. The van der Waals surface area contributed by atoms with Gasteiger partial charge in [-0.3, -0.25) is 0 Å². The predicted molar refractivity (Wildman–Crippen MR) is 105 cm³/mol. The first-order valence-corrected chi connectivity index (χ1v) is 8.66. The molecule has 128 valence electrons. The summed E-state index contributed by atoms with van der Waals surface area (Å²) in [5.41, 5.74) is 3.03. The number of rotatable bonds is 5. The molecule has 0 unspecified atom stereocenters. The number of benzene rings is 3. The second-order valence-electron chi connectivity index (χ2n) is 5.96. The number of hydrogen-bond acceptors (Lipinski definition) is 4. The molecule has 4 aromatic rings. The van der Waals surface area contributed by atoms with Gasteiger partial charge >= 0.3 is 0 Å². The van der Waals surface area contributed by atoms with Crippen LogP contribution in [-0.2, 0) is 6.42 Å². The summed E-state index contributed by atoms with van der Waals surface area (Å²) in [5, 5.41) is 4.41. The van der Waals surface area contributed by atoms with Crippen LogP contribution in [0.5, 0.6) is 11.5 Å². The number of anilines is 2. The second kappa shape index (κ2) is 7.23. The average Bonchev–Trinajstić information content (AvgIpc) is 2.70. The Hall–Kier alpha value is -3.40. The highest BCUT2D eigenvalue weighted by Crippen LogP contribution is 2.32. The largest absolute Gasteiger partial charge is 0.455 e. The summed E-state index contributed by atoms with van der Waals surface area (Å²) in [5.74, 6) is 2.31. The summed E-state index contributed by atoms with van der Waals surface area (Å²) in [6.45, 7) is 2.14. The van der Waals surface area contributed by atoms with E-state index in [9.17, 15) is 0 Å². The molecule has 26 heavy (non-hydrogen) atoms. The normalized spacial score (nSPS) is 10.7. The number of fused-ring (bicyclic) bond motifs is 1. The molecule has 0 radical (unpaired) electrons. The molecule has 0 aliphatic heterocycles. The van der Waals surface area contributed by atoms with Crippen molar-refractivity contribution in [2.45, 2.75) is 13.3 Å². The van der Waals surface area contributed by atoms with Gasteiger partial charge in [0.15, 0.2) is 5.75 Å². The zero-order valence-electron chi connectivity index (χ0n) is 14.5. The van der Waals surface area contributed by atoms with Crippen molar-refractivity contribution in [2.75, 3.05) is 5.32 Å². The molecule has 3 aromatic carbocycles. The van der Waals surface area contributed by atoms with Crippen molar-refractivity contribution < 1.29 is 4.74 Å². The maximum atomic E-state index is 6.03. The Morgan fingerprint density at radius 1 is 0.885 bits per heavy atom. The minimum Gasteiger partial charge on any atom is -0.455 e. The lowest BCUT2D eigenvalue weighted by Crippen LogP contribution is -1.98. The van der Waals surface area contributed by atoms with Crippen molar-refractivity contribution in [1.82, 2.24) is 9.97 Å². The van der Waals surface area contributed by atoms with Gasteiger partial charge < -0.3 is 10.1 Å². The van der Waals surface area contributed by atoms with Crippen LogP contribution in [0.2, 0.25) is 0 Å². The fraction of sp³-hybridized carbons (Fsp3) is 0.0909. The molecule has 4 nitrogen and oxygen atoms in total. The van der Waals surface area contributed by atoms with Crippen molar-refractivity contribution in [3.8, 4) is 11.5 Å². The molecule has 0 aliphatic rings. The first-order chi connectivity index (χ1) is 12.8. The first kappa shape index (κ1) is 16.1. The van der Waals surface area contributed by atoms with Gasteiger partial charge in [-0.2, -0.15) is 0 Å². The van der Waals surface area contributed by atoms with Crippen LogP contribution in [0.4, 0.5) is 11.5 Å². The zero-order chi connectivity index (χ0) is 17.8. The van der Waals surface area contributed by atoms with Gasteiger partial charge in [-0.1, -0.05) is 43.3 Å². The first-order valence-electron chi connectivity index (χ1n) is 8.66. The molecule has 0 saturated heterocycles. The number of hydrogen-bond donors (Lipinski definition) is 1. The van der Waals surface area contributed by atoms with Crippen LogP contribution in [0.3, 0.4) is 0 Å². The number of nitrogens with zero attached hydrogens (tertiary/aromatic N) is 2. The summed E-state index contributed by atoms with van der Waals surface area (Å²) < 4.78 is 6.03. The fourth-order valence-electron chi connectivity index (χ4n) is 2.83. The van der Waals surface area contributed by atoms with Crippen LogP contribution in [0.1, 0.15) is 12.5 Å². The molecule has 0 spiro atoms. The van der Waals surface area contributed by atoms with E-state index in [1.54, 1.807) is 6.33 Å². The Labute approximate surface area is 152 Å². The van der Waals surface area contributed by atoms with E-state index in [1.807, 2.05) is 60.7 Å². The van der Waals surface area contributed by atoms with E-state index in [0.717, 1.165) is 40.3 Å². The third-order valence-electron chi connectivity index (χ3n) is 4.22. The van der Waals surface area contributed by atoms with Crippen molar-refractivity contribution in [1.29, 1.82) is 0 Å². The Balaban J connectivity index is 1.71. The number of aromatic nitrogens is 2. The standard InChI is InChI=1S/C22H19N3O/c1-2-16-12-13-19-18(14-16)22(24-15-23-19)25-20-10-6-7-11-21(20)26-17-8-4-3-5-9-17/h3-15H,2H2,1H3,(H,23,24,25). The zero-order valence-corrected chi connectivity index (χ0v) is 14.5. The van der Waals surface area contributed by atoms with Crippen LogP contribution in [-0.4, -0.2) is 9.97 Å². The van der Waals surface area contributed by atoms with E-state index in [2.05, 4.69) is 34.3 Å².